The lowest BCUT2D eigenvalue weighted by molar-refractivity contribution is -0.133. The summed E-state index contributed by atoms with van der Waals surface area (Å²) in [7, 11) is 1.64. The van der Waals surface area contributed by atoms with Crippen molar-refractivity contribution in [2.45, 2.75) is 26.7 Å². The van der Waals surface area contributed by atoms with Crippen molar-refractivity contribution >= 4 is 17.5 Å². The van der Waals surface area contributed by atoms with Crippen LogP contribution in [0.3, 0.4) is 0 Å². The molecule has 1 N–H and O–H groups in total. The lowest BCUT2D eigenvalue weighted by Gasteiger charge is -2.18. The molecule has 0 saturated heterocycles. The fourth-order valence-electron chi connectivity index (χ4n) is 2.50. The van der Waals surface area contributed by atoms with Gasteiger partial charge in [0.1, 0.15) is 5.75 Å². The number of ether oxygens (including phenoxy) is 1. The second-order valence-corrected chi connectivity index (χ2v) is 6.31. The molecule has 2 amide bonds. The molecule has 0 spiro atoms. The molecule has 0 radical (unpaired) electrons. The number of anilines is 1. The number of hydrogen-bond donors (Lipinski definition) is 1. The van der Waals surface area contributed by atoms with E-state index in [1.807, 2.05) is 62.4 Å². The molecule has 138 valence electrons. The number of amides is 2. The third-order valence-electron chi connectivity index (χ3n) is 4.23. The molecule has 0 unspecified atom stereocenters. The summed E-state index contributed by atoms with van der Waals surface area (Å²) in [6.45, 7) is 4.47. The summed E-state index contributed by atoms with van der Waals surface area (Å²) < 4.78 is 5.57. The van der Waals surface area contributed by atoms with Crippen LogP contribution in [0.15, 0.2) is 48.5 Å². The van der Waals surface area contributed by atoms with Crippen molar-refractivity contribution in [3.05, 3.63) is 59.7 Å². The first-order valence-electron chi connectivity index (χ1n) is 8.75. The lowest BCUT2D eigenvalue weighted by atomic mass is 10.1. The topological polar surface area (TPSA) is 58.6 Å². The molecule has 26 heavy (non-hydrogen) atoms. The monoisotopic (exact) mass is 354 g/mol. The minimum Gasteiger partial charge on any atom is -0.494 e. The molecule has 0 atom stereocenters. The van der Waals surface area contributed by atoms with Crippen LogP contribution >= 0.6 is 0 Å². The van der Waals surface area contributed by atoms with Crippen LogP contribution in [0.2, 0.25) is 0 Å². The smallest absolute Gasteiger partial charge is 0.243 e. The zero-order chi connectivity index (χ0) is 18.9. The van der Waals surface area contributed by atoms with Crippen LogP contribution in [0, 0.1) is 13.8 Å². The van der Waals surface area contributed by atoms with Crippen molar-refractivity contribution in [3.63, 3.8) is 0 Å². The molecule has 0 bridgehead atoms. The largest absolute Gasteiger partial charge is 0.494 e. The number of para-hydroxylation sites is 1. The van der Waals surface area contributed by atoms with Crippen LogP contribution in [0.4, 0.5) is 5.69 Å². The van der Waals surface area contributed by atoms with Gasteiger partial charge in [0.05, 0.1) is 13.2 Å². The van der Waals surface area contributed by atoms with Crippen molar-refractivity contribution < 1.29 is 14.3 Å². The van der Waals surface area contributed by atoms with E-state index in [-0.39, 0.29) is 18.4 Å². The number of aryl methyl sites for hydroxylation is 1. The van der Waals surface area contributed by atoms with Gasteiger partial charge < -0.3 is 15.0 Å². The van der Waals surface area contributed by atoms with Gasteiger partial charge in [0.2, 0.25) is 11.8 Å². The first-order chi connectivity index (χ1) is 12.5. The fraction of sp³-hybridized carbons (Fsp3) is 0.333. The quantitative estimate of drug-likeness (QED) is 0.738. The highest BCUT2D eigenvalue weighted by Crippen LogP contribution is 2.17. The number of carbonyl (C=O) groups is 2. The second kappa shape index (κ2) is 9.61. The van der Waals surface area contributed by atoms with Crippen LogP contribution in [0.25, 0.3) is 0 Å². The fourth-order valence-corrected chi connectivity index (χ4v) is 2.50. The van der Waals surface area contributed by atoms with Gasteiger partial charge in [-0.15, -0.1) is 0 Å². The Kier molecular flexibility index (Phi) is 7.21. The molecule has 0 saturated carbocycles. The molecule has 2 rings (SSSR count). The molecule has 5 nitrogen and oxygen atoms in total. The van der Waals surface area contributed by atoms with Gasteiger partial charge in [-0.3, -0.25) is 9.59 Å². The zero-order valence-corrected chi connectivity index (χ0v) is 15.6. The van der Waals surface area contributed by atoms with Gasteiger partial charge in [-0.1, -0.05) is 30.3 Å². The Bertz CT molecular complexity index is 744. The van der Waals surface area contributed by atoms with Crippen LogP contribution in [-0.4, -0.2) is 36.9 Å². The Morgan fingerprint density at radius 2 is 1.77 bits per heavy atom. The van der Waals surface area contributed by atoms with Crippen LogP contribution in [0.5, 0.6) is 5.75 Å². The second-order valence-electron chi connectivity index (χ2n) is 6.31. The van der Waals surface area contributed by atoms with E-state index in [1.165, 1.54) is 4.90 Å². The number of nitrogens with zero attached hydrogens (tertiary/aromatic N) is 1. The molecular formula is C21H26N2O3. The Labute approximate surface area is 155 Å². The summed E-state index contributed by atoms with van der Waals surface area (Å²) in [6, 6.07) is 15.3. The average molecular weight is 354 g/mol. The molecule has 0 aliphatic heterocycles. The van der Waals surface area contributed by atoms with E-state index in [0.717, 1.165) is 22.6 Å². The summed E-state index contributed by atoms with van der Waals surface area (Å²) in [4.78, 5) is 25.8. The number of hydrogen-bond acceptors (Lipinski definition) is 3. The molecule has 0 aliphatic rings. The van der Waals surface area contributed by atoms with Gasteiger partial charge in [0, 0.05) is 19.2 Å². The Balaban J connectivity index is 1.72. The van der Waals surface area contributed by atoms with Gasteiger partial charge in [-0.2, -0.15) is 0 Å². The number of nitrogens with one attached hydrogen (secondary N) is 1. The van der Waals surface area contributed by atoms with E-state index in [4.69, 9.17) is 4.74 Å². The minimum atomic E-state index is -0.199. The van der Waals surface area contributed by atoms with E-state index in [2.05, 4.69) is 5.32 Å². The van der Waals surface area contributed by atoms with Gasteiger partial charge >= 0.3 is 0 Å². The number of likely N-dealkylation sites (N-methyl/N-ethyl adjacent to an activating group) is 1. The Morgan fingerprint density at radius 1 is 1.04 bits per heavy atom. The summed E-state index contributed by atoms with van der Waals surface area (Å²) >= 11 is 0. The van der Waals surface area contributed by atoms with Gasteiger partial charge in [0.25, 0.3) is 0 Å². The maximum Gasteiger partial charge on any atom is 0.243 e. The first kappa shape index (κ1) is 19.5. The predicted octanol–water partition coefficient (Wildman–Crippen LogP) is 3.56. The van der Waals surface area contributed by atoms with Gasteiger partial charge in [0.15, 0.2) is 0 Å². The van der Waals surface area contributed by atoms with Crippen molar-refractivity contribution in [2.24, 2.45) is 0 Å². The van der Waals surface area contributed by atoms with E-state index in [1.54, 1.807) is 7.05 Å². The maximum atomic E-state index is 12.2. The standard InChI is InChI=1S/C21H26N2O3/c1-16-9-7-12-19(17(16)2)22-20(24)15-23(3)21(25)13-8-14-26-18-10-5-4-6-11-18/h4-7,9-12H,8,13-15H2,1-3H3,(H,22,24). The summed E-state index contributed by atoms with van der Waals surface area (Å²) in [5.41, 5.74) is 2.94. The summed E-state index contributed by atoms with van der Waals surface area (Å²) in [5.74, 6) is 0.522. The van der Waals surface area contributed by atoms with Crippen molar-refractivity contribution in [2.75, 3.05) is 25.5 Å². The zero-order valence-electron chi connectivity index (χ0n) is 15.6. The molecule has 2 aromatic rings. The summed E-state index contributed by atoms with van der Waals surface area (Å²) in [6.07, 6.45) is 0.955. The maximum absolute atomic E-state index is 12.2. The average Bonchev–Trinajstić information content (AvgIpc) is 2.63. The molecule has 5 heteroatoms. The number of benzene rings is 2. The van der Waals surface area contributed by atoms with E-state index in [9.17, 15) is 9.59 Å². The molecule has 0 aromatic heterocycles. The lowest BCUT2D eigenvalue weighted by Crippen LogP contribution is -2.35. The highest BCUT2D eigenvalue weighted by Gasteiger charge is 2.13. The van der Waals surface area contributed by atoms with Crippen molar-refractivity contribution in [1.29, 1.82) is 0 Å². The summed E-state index contributed by atoms with van der Waals surface area (Å²) in [5, 5.41) is 2.87. The van der Waals surface area contributed by atoms with E-state index in [0.29, 0.717) is 19.4 Å². The predicted molar refractivity (Wildman–Crippen MR) is 103 cm³/mol. The van der Waals surface area contributed by atoms with Crippen LogP contribution in [0.1, 0.15) is 24.0 Å². The van der Waals surface area contributed by atoms with Crippen LogP contribution < -0.4 is 10.1 Å². The first-order valence-corrected chi connectivity index (χ1v) is 8.75. The van der Waals surface area contributed by atoms with Crippen LogP contribution in [-0.2, 0) is 9.59 Å². The SMILES string of the molecule is Cc1cccc(NC(=O)CN(C)C(=O)CCCOc2ccccc2)c1C. The highest BCUT2D eigenvalue weighted by molar-refractivity contribution is 5.95. The minimum absolute atomic E-state index is 0.0335. The third kappa shape index (κ3) is 5.92. The van der Waals surface area contributed by atoms with Gasteiger partial charge in [-0.05, 0) is 49.6 Å². The Hall–Kier alpha value is -2.82. The molecule has 0 heterocycles. The van der Waals surface area contributed by atoms with Gasteiger partial charge in [-0.25, -0.2) is 0 Å². The molecule has 0 aliphatic carbocycles. The highest BCUT2D eigenvalue weighted by atomic mass is 16.5. The van der Waals surface area contributed by atoms with E-state index < -0.39 is 0 Å². The number of rotatable bonds is 8. The molecule has 0 fully saturated rings. The van der Waals surface area contributed by atoms with Crippen molar-refractivity contribution in [1.82, 2.24) is 4.90 Å². The molecule has 2 aromatic carbocycles. The van der Waals surface area contributed by atoms with Crippen molar-refractivity contribution in [3.8, 4) is 5.75 Å². The van der Waals surface area contributed by atoms with E-state index >= 15 is 0 Å². The number of carbonyl (C=O) groups excluding carboxylic acids is 2. The normalized spacial score (nSPS) is 10.3. The third-order valence-corrected chi connectivity index (χ3v) is 4.23. The Morgan fingerprint density at radius 3 is 2.50 bits per heavy atom. The molecular weight excluding hydrogens is 328 g/mol.